The van der Waals surface area contributed by atoms with Gasteiger partial charge < -0.3 is 15.8 Å². The zero-order valence-electron chi connectivity index (χ0n) is 14.4. The quantitative estimate of drug-likeness (QED) is 0.308. The first kappa shape index (κ1) is 20.2. The first-order valence-corrected chi connectivity index (χ1v) is 9.17. The van der Waals surface area contributed by atoms with Crippen molar-refractivity contribution in [3.8, 4) is 5.75 Å². The van der Waals surface area contributed by atoms with Crippen LogP contribution in [0.4, 0.5) is 21.6 Å². The van der Waals surface area contributed by atoms with Crippen molar-refractivity contribution in [2.24, 2.45) is 5.73 Å². The molecule has 0 aliphatic carbocycles. The van der Waals surface area contributed by atoms with Gasteiger partial charge in [-0.1, -0.05) is 11.6 Å². The Bertz CT molecular complexity index is 1070. The third-order valence-electron chi connectivity index (χ3n) is 3.70. The Hall–Kier alpha value is -2.56. The number of hydrogen-bond donors (Lipinski definition) is 2. The van der Waals surface area contributed by atoms with Crippen LogP contribution in [0.1, 0.15) is 6.92 Å². The largest absolute Gasteiger partial charge is 0.485 e. The van der Waals surface area contributed by atoms with Crippen LogP contribution in [0.25, 0.3) is 10.9 Å². The van der Waals surface area contributed by atoms with Crippen molar-refractivity contribution in [1.82, 2.24) is 9.97 Å². The van der Waals surface area contributed by atoms with Gasteiger partial charge in [-0.3, -0.25) is 10.1 Å². The summed E-state index contributed by atoms with van der Waals surface area (Å²) >= 11 is 9.04. The molecule has 28 heavy (non-hydrogen) atoms. The number of ether oxygens (including phenoxy) is 1. The van der Waals surface area contributed by atoms with E-state index in [-0.39, 0.29) is 40.6 Å². The smallest absolute Gasteiger partial charge is 0.311 e. The van der Waals surface area contributed by atoms with Crippen molar-refractivity contribution < 1.29 is 14.1 Å². The number of nitrogens with zero attached hydrogens (tertiary/aromatic N) is 3. The molecule has 1 aromatic heterocycles. The van der Waals surface area contributed by atoms with Crippen LogP contribution in [-0.4, -0.2) is 27.5 Å². The minimum absolute atomic E-state index is 0.0392. The van der Waals surface area contributed by atoms with Gasteiger partial charge in [0, 0.05) is 22.6 Å². The van der Waals surface area contributed by atoms with Crippen molar-refractivity contribution in [1.29, 1.82) is 0 Å². The summed E-state index contributed by atoms with van der Waals surface area (Å²) in [6.07, 6.45) is 1.25. The Morgan fingerprint density at radius 2 is 2.18 bits per heavy atom. The fourth-order valence-electron chi connectivity index (χ4n) is 2.40. The van der Waals surface area contributed by atoms with Crippen LogP contribution >= 0.6 is 27.5 Å². The molecule has 8 nitrogen and oxygen atoms in total. The summed E-state index contributed by atoms with van der Waals surface area (Å²) in [5.74, 6) is -0.462. The van der Waals surface area contributed by atoms with Gasteiger partial charge >= 0.3 is 5.69 Å². The minimum atomic E-state index is -0.686. The molecule has 3 aromatic rings. The van der Waals surface area contributed by atoms with Crippen LogP contribution in [0.3, 0.4) is 0 Å². The van der Waals surface area contributed by atoms with E-state index in [0.717, 1.165) is 0 Å². The lowest BCUT2D eigenvalue weighted by Crippen LogP contribution is -2.23. The summed E-state index contributed by atoms with van der Waals surface area (Å²) in [5, 5.41) is 14.5. The molecule has 1 heterocycles. The molecule has 0 saturated heterocycles. The summed E-state index contributed by atoms with van der Waals surface area (Å²) < 4.78 is 20.2. The van der Waals surface area contributed by atoms with E-state index >= 15 is 0 Å². The lowest BCUT2D eigenvalue weighted by atomic mass is 10.2. The van der Waals surface area contributed by atoms with Crippen LogP contribution in [-0.2, 0) is 0 Å². The molecular weight excluding hydrogens is 457 g/mol. The molecular formula is C17H14BrClFN5O3. The van der Waals surface area contributed by atoms with Crippen LogP contribution in [0.2, 0.25) is 5.02 Å². The van der Waals surface area contributed by atoms with E-state index in [4.69, 9.17) is 22.1 Å². The van der Waals surface area contributed by atoms with E-state index in [0.29, 0.717) is 15.4 Å². The summed E-state index contributed by atoms with van der Waals surface area (Å²) in [5.41, 5.74) is 5.81. The summed E-state index contributed by atoms with van der Waals surface area (Å²) in [4.78, 5) is 19.1. The highest BCUT2D eigenvalue weighted by molar-refractivity contribution is 9.10. The standard InChI is InChI=1S/C17H14BrClFN5O3/c1-8(21)6-28-14-5-12-9(4-13(14)25(26)27)17(23-7-22-12)24-11-3-2-10(18)15(19)16(11)20/h2-5,7-8H,6,21H2,1H3,(H,22,23,24)/t8-/m1/s1. The second-order valence-electron chi connectivity index (χ2n) is 5.95. The monoisotopic (exact) mass is 469 g/mol. The molecule has 0 unspecified atom stereocenters. The molecule has 3 N–H and O–H groups in total. The molecule has 0 bridgehead atoms. The van der Waals surface area contributed by atoms with E-state index < -0.39 is 10.7 Å². The van der Waals surface area contributed by atoms with Crippen LogP contribution in [0.15, 0.2) is 35.1 Å². The topological polar surface area (TPSA) is 116 Å². The van der Waals surface area contributed by atoms with Gasteiger partial charge in [0.15, 0.2) is 11.6 Å². The molecule has 0 amide bonds. The van der Waals surface area contributed by atoms with Gasteiger partial charge in [0.2, 0.25) is 0 Å². The molecule has 3 rings (SSSR count). The zero-order valence-corrected chi connectivity index (χ0v) is 16.8. The average molecular weight is 471 g/mol. The van der Waals surface area contributed by atoms with Gasteiger partial charge in [0.05, 0.1) is 26.5 Å². The maximum Gasteiger partial charge on any atom is 0.311 e. The molecule has 0 fully saturated rings. The van der Waals surface area contributed by atoms with E-state index in [1.165, 1.54) is 24.5 Å². The van der Waals surface area contributed by atoms with Crippen LogP contribution < -0.4 is 15.8 Å². The summed E-state index contributed by atoms with van der Waals surface area (Å²) in [6.45, 7) is 1.82. The second kappa shape index (κ2) is 8.21. The van der Waals surface area contributed by atoms with E-state index in [9.17, 15) is 14.5 Å². The Balaban J connectivity index is 2.08. The van der Waals surface area contributed by atoms with Crippen molar-refractivity contribution in [2.75, 3.05) is 11.9 Å². The molecule has 0 aliphatic rings. The molecule has 2 aromatic carbocycles. The number of nitro benzene ring substituents is 1. The number of benzene rings is 2. The molecule has 0 radical (unpaired) electrons. The highest BCUT2D eigenvalue weighted by Gasteiger charge is 2.20. The second-order valence-corrected chi connectivity index (χ2v) is 7.18. The highest BCUT2D eigenvalue weighted by Crippen LogP contribution is 2.36. The number of anilines is 2. The lowest BCUT2D eigenvalue weighted by molar-refractivity contribution is -0.385. The van der Waals surface area contributed by atoms with Gasteiger partial charge in [0.25, 0.3) is 0 Å². The van der Waals surface area contributed by atoms with E-state index in [1.807, 2.05) is 0 Å². The number of fused-ring (bicyclic) bond motifs is 1. The highest BCUT2D eigenvalue weighted by atomic mass is 79.9. The van der Waals surface area contributed by atoms with Gasteiger partial charge in [-0.15, -0.1) is 0 Å². The predicted molar refractivity (Wildman–Crippen MR) is 108 cm³/mol. The molecule has 1 atom stereocenters. The number of rotatable bonds is 6. The molecule has 0 aliphatic heterocycles. The SMILES string of the molecule is C[C@@H](N)COc1cc2ncnc(Nc3ccc(Br)c(Cl)c3F)c2cc1[N+](=O)[O-]. The maximum absolute atomic E-state index is 14.4. The third-order valence-corrected chi connectivity index (χ3v) is 4.96. The Morgan fingerprint density at radius 1 is 1.43 bits per heavy atom. The zero-order chi connectivity index (χ0) is 20.4. The van der Waals surface area contributed by atoms with E-state index in [2.05, 4.69) is 31.2 Å². The van der Waals surface area contributed by atoms with Crippen molar-refractivity contribution in [3.05, 3.63) is 56.0 Å². The number of nitro groups is 1. The number of hydrogen-bond acceptors (Lipinski definition) is 7. The number of halogens is 3. The third kappa shape index (κ3) is 4.13. The fraction of sp³-hybridized carbons (Fsp3) is 0.176. The fourth-order valence-corrected chi connectivity index (χ4v) is 2.87. The van der Waals surface area contributed by atoms with E-state index in [1.54, 1.807) is 13.0 Å². The number of nitrogens with two attached hydrogens (primary N) is 1. The Labute approximate surface area is 172 Å². The van der Waals surface area contributed by atoms with Crippen LogP contribution in [0.5, 0.6) is 5.75 Å². The van der Waals surface area contributed by atoms with Crippen molar-refractivity contribution in [2.45, 2.75) is 13.0 Å². The number of nitrogens with one attached hydrogen (secondary N) is 1. The van der Waals surface area contributed by atoms with Gasteiger partial charge in [-0.05, 0) is 35.0 Å². The first-order chi connectivity index (χ1) is 13.3. The first-order valence-electron chi connectivity index (χ1n) is 8.00. The lowest BCUT2D eigenvalue weighted by Gasteiger charge is -2.13. The van der Waals surface area contributed by atoms with Gasteiger partial charge in [-0.25, -0.2) is 14.4 Å². The van der Waals surface area contributed by atoms with Crippen molar-refractivity contribution >= 4 is 55.6 Å². The van der Waals surface area contributed by atoms with Gasteiger partial charge in [0.1, 0.15) is 18.8 Å². The van der Waals surface area contributed by atoms with Gasteiger partial charge in [-0.2, -0.15) is 0 Å². The molecule has 11 heteroatoms. The molecule has 0 spiro atoms. The Morgan fingerprint density at radius 3 is 2.86 bits per heavy atom. The normalized spacial score (nSPS) is 12.0. The summed E-state index contributed by atoms with van der Waals surface area (Å²) in [6, 6.07) is 5.43. The van der Waals surface area contributed by atoms with Crippen LogP contribution in [0, 0.1) is 15.9 Å². The maximum atomic E-state index is 14.4. The average Bonchev–Trinajstić information content (AvgIpc) is 2.66. The number of aromatic nitrogens is 2. The molecule has 146 valence electrons. The minimum Gasteiger partial charge on any atom is -0.485 e. The predicted octanol–water partition coefficient (Wildman–Crippen LogP) is 4.56. The Kier molecular flexibility index (Phi) is 5.92. The van der Waals surface area contributed by atoms with Crippen molar-refractivity contribution in [3.63, 3.8) is 0 Å². The summed E-state index contributed by atoms with van der Waals surface area (Å²) in [7, 11) is 0. The molecule has 0 saturated carbocycles.